The summed E-state index contributed by atoms with van der Waals surface area (Å²) in [5.41, 5.74) is 4.56. The van der Waals surface area contributed by atoms with E-state index in [0.29, 0.717) is 6.54 Å². The molecule has 2 N–H and O–H groups in total. The van der Waals surface area contributed by atoms with Gasteiger partial charge in [0.15, 0.2) is 0 Å². The van der Waals surface area contributed by atoms with E-state index in [0.717, 1.165) is 23.5 Å². The van der Waals surface area contributed by atoms with E-state index in [1.807, 2.05) is 50.4 Å². The number of imidazole rings is 1. The van der Waals surface area contributed by atoms with Gasteiger partial charge in [-0.15, -0.1) is 0 Å². The van der Waals surface area contributed by atoms with Gasteiger partial charge in [0.05, 0.1) is 6.04 Å². The van der Waals surface area contributed by atoms with Crippen LogP contribution in [0, 0.1) is 13.8 Å². The topological polar surface area (TPSA) is 59.0 Å². The van der Waals surface area contributed by atoms with E-state index in [9.17, 15) is 4.79 Å². The highest BCUT2D eigenvalue weighted by atomic mass is 16.2. The van der Waals surface area contributed by atoms with Crippen molar-refractivity contribution in [2.45, 2.75) is 39.9 Å². The van der Waals surface area contributed by atoms with E-state index in [-0.39, 0.29) is 12.1 Å². The Kier molecular flexibility index (Phi) is 5.91. The number of benzene rings is 2. The average molecular weight is 362 g/mol. The molecule has 0 aliphatic rings. The smallest absolute Gasteiger partial charge is 0.315 e. The zero-order valence-electron chi connectivity index (χ0n) is 16.1. The van der Waals surface area contributed by atoms with Gasteiger partial charge < -0.3 is 15.2 Å². The van der Waals surface area contributed by atoms with E-state index >= 15 is 0 Å². The predicted molar refractivity (Wildman–Crippen MR) is 107 cm³/mol. The molecular formula is C22H26N4O. The van der Waals surface area contributed by atoms with Gasteiger partial charge in [-0.05, 0) is 43.0 Å². The molecule has 3 rings (SSSR count). The van der Waals surface area contributed by atoms with Gasteiger partial charge in [-0.2, -0.15) is 0 Å². The fourth-order valence-electron chi connectivity index (χ4n) is 3.19. The quantitative estimate of drug-likeness (QED) is 0.693. The van der Waals surface area contributed by atoms with Crippen LogP contribution in [-0.2, 0) is 13.1 Å². The van der Waals surface area contributed by atoms with Gasteiger partial charge in [-0.3, -0.25) is 0 Å². The number of nitrogens with zero attached hydrogens (tertiary/aromatic N) is 2. The molecule has 0 radical (unpaired) electrons. The number of carbonyl (C=O) groups excluding carboxylic acids is 1. The van der Waals surface area contributed by atoms with Crippen LogP contribution in [-0.4, -0.2) is 15.6 Å². The zero-order chi connectivity index (χ0) is 19.2. The molecule has 27 heavy (non-hydrogen) atoms. The van der Waals surface area contributed by atoms with Crippen LogP contribution in [0.2, 0.25) is 0 Å². The Morgan fingerprint density at radius 3 is 2.63 bits per heavy atom. The summed E-state index contributed by atoms with van der Waals surface area (Å²) in [6.45, 7) is 7.31. The molecule has 0 aliphatic carbocycles. The van der Waals surface area contributed by atoms with Crippen LogP contribution in [0.15, 0.2) is 60.9 Å². The minimum atomic E-state index is -0.165. The van der Waals surface area contributed by atoms with Crippen LogP contribution < -0.4 is 10.6 Å². The molecule has 5 nitrogen and oxygen atoms in total. The maximum atomic E-state index is 12.3. The van der Waals surface area contributed by atoms with E-state index in [2.05, 4.69) is 45.3 Å². The summed E-state index contributed by atoms with van der Waals surface area (Å²) >= 11 is 0. The Morgan fingerprint density at radius 2 is 1.89 bits per heavy atom. The van der Waals surface area contributed by atoms with Crippen molar-refractivity contribution in [3.63, 3.8) is 0 Å². The molecule has 2 amide bonds. The molecule has 5 heteroatoms. The second-order valence-corrected chi connectivity index (χ2v) is 6.83. The second-order valence-electron chi connectivity index (χ2n) is 6.83. The standard InChI is InChI=1S/C22H26N4O/c1-16-7-4-5-10-21(16)17(2)25-22(27)24-14-19-8-6-9-20(13-19)15-26-12-11-23-18(26)3/h4-13,17H,14-15H2,1-3H3,(H2,24,25,27). The Morgan fingerprint density at radius 1 is 1.11 bits per heavy atom. The van der Waals surface area contributed by atoms with Gasteiger partial charge in [-0.25, -0.2) is 9.78 Å². The molecule has 2 aromatic carbocycles. The van der Waals surface area contributed by atoms with Gasteiger partial charge in [-0.1, -0.05) is 48.5 Å². The molecule has 0 saturated heterocycles. The minimum Gasteiger partial charge on any atom is -0.334 e. The maximum absolute atomic E-state index is 12.3. The van der Waals surface area contributed by atoms with E-state index in [1.54, 1.807) is 6.20 Å². The highest BCUT2D eigenvalue weighted by Gasteiger charge is 2.11. The predicted octanol–water partition coefficient (Wildman–Crippen LogP) is 4.11. The summed E-state index contributed by atoms with van der Waals surface area (Å²) in [6.07, 6.45) is 3.78. The van der Waals surface area contributed by atoms with Crippen molar-refractivity contribution in [2.24, 2.45) is 0 Å². The molecule has 1 aromatic heterocycles. The van der Waals surface area contributed by atoms with Crippen molar-refractivity contribution in [1.29, 1.82) is 0 Å². The molecular weight excluding hydrogens is 336 g/mol. The molecule has 0 bridgehead atoms. The Labute approximate surface area is 160 Å². The van der Waals surface area contributed by atoms with Gasteiger partial charge >= 0.3 is 6.03 Å². The van der Waals surface area contributed by atoms with E-state index in [4.69, 9.17) is 0 Å². The molecule has 1 heterocycles. The van der Waals surface area contributed by atoms with Gasteiger partial charge in [0.1, 0.15) is 5.82 Å². The second kappa shape index (κ2) is 8.54. The fraction of sp³-hybridized carbons (Fsp3) is 0.273. The molecule has 0 spiro atoms. The van der Waals surface area contributed by atoms with Crippen LogP contribution in [0.1, 0.15) is 41.0 Å². The monoisotopic (exact) mass is 362 g/mol. The third-order valence-corrected chi connectivity index (χ3v) is 4.72. The third kappa shape index (κ3) is 4.97. The summed E-state index contributed by atoms with van der Waals surface area (Å²) in [5, 5.41) is 5.95. The summed E-state index contributed by atoms with van der Waals surface area (Å²) in [7, 11) is 0. The van der Waals surface area contributed by atoms with Crippen molar-refractivity contribution >= 4 is 6.03 Å². The van der Waals surface area contributed by atoms with Gasteiger partial charge in [0.2, 0.25) is 0 Å². The van der Waals surface area contributed by atoms with Crippen LogP contribution in [0.25, 0.3) is 0 Å². The van der Waals surface area contributed by atoms with Crippen molar-refractivity contribution in [1.82, 2.24) is 20.2 Å². The van der Waals surface area contributed by atoms with Gasteiger partial charge in [0.25, 0.3) is 0 Å². The van der Waals surface area contributed by atoms with Crippen LogP contribution in [0.3, 0.4) is 0 Å². The SMILES string of the molecule is Cc1ccccc1C(C)NC(=O)NCc1cccc(Cn2ccnc2C)c1. The van der Waals surface area contributed by atoms with Crippen molar-refractivity contribution < 1.29 is 4.79 Å². The van der Waals surface area contributed by atoms with Crippen molar-refractivity contribution in [3.05, 3.63) is 89.0 Å². The number of rotatable bonds is 6. The molecule has 0 aliphatic heterocycles. The number of nitrogens with one attached hydrogen (secondary N) is 2. The number of carbonyl (C=O) groups is 1. The van der Waals surface area contributed by atoms with Crippen molar-refractivity contribution in [3.8, 4) is 0 Å². The molecule has 1 atom stereocenters. The fourth-order valence-corrected chi connectivity index (χ4v) is 3.19. The average Bonchev–Trinajstić information content (AvgIpc) is 3.05. The Bertz CT molecular complexity index is 916. The maximum Gasteiger partial charge on any atom is 0.315 e. The highest BCUT2D eigenvalue weighted by Crippen LogP contribution is 2.16. The van der Waals surface area contributed by atoms with Crippen molar-refractivity contribution in [2.75, 3.05) is 0 Å². The molecule has 0 saturated carbocycles. The number of urea groups is 1. The summed E-state index contributed by atoms with van der Waals surface area (Å²) in [5.74, 6) is 0.989. The van der Waals surface area contributed by atoms with Gasteiger partial charge in [0, 0.05) is 25.5 Å². The number of aryl methyl sites for hydroxylation is 2. The lowest BCUT2D eigenvalue weighted by molar-refractivity contribution is 0.237. The molecule has 3 aromatic rings. The van der Waals surface area contributed by atoms with Crippen LogP contribution in [0.4, 0.5) is 4.79 Å². The largest absolute Gasteiger partial charge is 0.334 e. The number of hydrogen-bond donors (Lipinski definition) is 2. The zero-order valence-corrected chi connectivity index (χ0v) is 16.1. The lowest BCUT2D eigenvalue weighted by atomic mass is 10.0. The summed E-state index contributed by atoms with van der Waals surface area (Å²) < 4.78 is 2.10. The first-order valence-corrected chi connectivity index (χ1v) is 9.18. The highest BCUT2D eigenvalue weighted by molar-refractivity contribution is 5.74. The summed E-state index contributed by atoms with van der Waals surface area (Å²) in [6, 6.07) is 16.1. The first kappa shape index (κ1) is 18.7. The number of aromatic nitrogens is 2. The van der Waals surface area contributed by atoms with E-state index < -0.39 is 0 Å². The first-order chi connectivity index (χ1) is 13.0. The third-order valence-electron chi connectivity index (χ3n) is 4.72. The summed E-state index contributed by atoms with van der Waals surface area (Å²) in [4.78, 5) is 16.5. The lowest BCUT2D eigenvalue weighted by Gasteiger charge is -2.17. The minimum absolute atomic E-state index is 0.0400. The van der Waals surface area contributed by atoms with E-state index in [1.165, 1.54) is 11.1 Å². The normalized spacial score (nSPS) is 11.8. The molecule has 140 valence electrons. The molecule has 0 fully saturated rings. The first-order valence-electron chi connectivity index (χ1n) is 9.18. The van der Waals surface area contributed by atoms with Crippen LogP contribution in [0.5, 0.6) is 0 Å². The lowest BCUT2D eigenvalue weighted by Crippen LogP contribution is -2.36. The number of hydrogen-bond acceptors (Lipinski definition) is 2. The Hall–Kier alpha value is -3.08. The molecule has 1 unspecified atom stereocenters. The number of amides is 2. The Balaban J connectivity index is 1.55. The van der Waals surface area contributed by atoms with Crippen LogP contribution >= 0.6 is 0 Å².